The standard InChI is InChI=1S/C16H18N6O/c1-11-4-3-5-22-15(23)8-13(17-16(11)22)9-20-6-7-21-12(2)18-19-14(21)10-20/h3-5,8H,6-7,9-10H2,1-2H3. The molecule has 4 heterocycles. The average Bonchev–Trinajstić information content (AvgIpc) is 2.89. The molecule has 0 aromatic carbocycles. The van der Waals surface area contributed by atoms with Crippen LogP contribution >= 0.6 is 0 Å². The van der Waals surface area contributed by atoms with E-state index in [-0.39, 0.29) is 5.56 Å². The van der Waals surface area contributed by atoms with Gasteiger partial charge in [-0.15, -0.1) is 10.2 Å². The van der Waals surface area contributed by atoms with E-state index in [0.717, 1.165) is 48.2 Å². The normalized spacial score (nSPS) is 15.0. The van der Waals surface area contributed by atoms with Crippen molar-refractivity contribution in [3.05, 3.63) is 57.7 Å². The van der Waals surface area contributed by atoms with Crippen molar-refractivity contribution in [2.24, 2.45) is 0 Å². The highest BCUT2D eigenvalue weighted by Crippen LogP contribution is 2.14. The molecule has 0 bridgehead atoms. The number of fused-ring (bicyclic) bond motifs is 2. The van der Waals surface area contributed by atoms with Crippen LogP contribution in [0.4, 0.5) is 0 Å². The third-order valence-electron chi connectivity index (χ3n) is 4.34. The van der Waals surface area contributed by atoms with Crippen molar-refractivity contribution >= 4 is 5.65 Å². The van der Waals surface area contributed by atoms with E-state index in [0.29, 0.717) is 6.54 Å². The first-order valence-corrected chi connectivity index (χ1v) is 7.71. The van der Waals surface area contributed by atoms with E-state index in [1.165, 1.54) is 0 Å². The summed E-state index contributed by atoms with van der Waals surface area (Å²) in [6, 6.07) is 5.46. The molecule has 7 nitrogen and oxygen atoms in total. The van der Waals surface area contributed by atoms with E-state index in [9.17, 15) is 4.79 Å². The minimum Gasteiger partial charge on any atom is -0.313 e. The van der Waals surface area contributed by atoms with E-state index in [1.807, 2.05) is 26.0 Å². The van der Waals surface area contributed by atoms with Crippen molar-refractivity contribution in [2.45, 2.75) is 33.5 Å². The van der Waals surface area contributed by atoms with Gasteiger partial charge in [0.25, 0.3) is 5.56 Å². The number of rotatable bonds is 2. The van der Waals surface area contributed by atoms with Crippen LogP contribution in [0.3, 0.4) is 0 Å². The summed E-state index contributed by atoms with van der Waals surface area (Å²) in [7, 11) is 0. The predicted molar refractivity (Wildman–Crippen MR) is 85.1 cm³/mol. The molecule has 0 radical (unpaired) electrons. The van der Waals surface area contributed by atoms with Gasteiger partial charge in [-0.1, -0.05) is 6.07 Å². The lowest BCUT2D eigenvalue weighted by Gasteiger charge is -2.27. The van der Waals surface area contributed by atoms with Crippen molar-refractivity contribution < 1.29 is 0 Å². The molecular formula is C16H18N6O. The molecular weight excluding hydrogens is 292 g/mol. The van der Waals surface area contributed by atoms with Gasteiger partial charge in [-0.3, -0.25) is 14.1 Å². The fourth-order valence-electron chi connectivity index (χ4n) is 3.11. The molecule has 3 aromatic heterocycles. The summed E-state index contributed by atoms with van der Waals surface area (Å²) in [5.41, 5.74) is 2.49. The molecule has 4 rings (SSSR count). The van der Waals surface area contributed by atoms with Crippen molar-refractivity contribution in [1.29, 1.82) is 0 Å². The summed E-state index contributed by atoms with van der Waals surface area (Å²) in [6.45, 7) is 7.10. The Balaban J connectivity index is 1.64. The molecule has 0 fully saturated rings. The second-order valence-electron chi connectivity index (χ2n) is 6.00. The van der Waals surface area contributed by atoms with Crippen molar-refractivity contribution in [2.75, 3.05) is 6.54 Å². The maximum atomic E-state index is 12.3. The molecule has 0 spiro atoms. The molecule has 0 N–H and O–H groups in total. The molecule has 3 aromatic rings. The highest BCUT2D eigenvalue weighted by atomic mass is 16.1. The molecule has 0 atom stereocenters. The number of aryl methyl sites for hydroxylation is 2. The summed E-state index contributed by atoms with van der Waals surface area (Å²) in [4.78, 5) is 19.2. The largest absolute Gasteiger partial charge is 0.313 e. The van der Waals surface area contributed by atoms with Crippen LogP contribution in [0.2, 0.25) is 0 Å². The van der Waals surface area contributed by atoms with Gasteiger partial charge < -0.3 is 4.57 Å². The second-order valence-corrected chi connectivity index (χ2v) is 6.00. The smallest absolute Gasteiger partial charge is 0.258 e. The van der Waals surface area contributed by atoms with Crippen LogP contribution < -0.4 is 5.56 Å². The third kappa shape index (κ3) is 2.43. The van der Waals surface area contributed by atoms with E-state index < -0.39 is 0 Å². The number of hydrogen-bond acceptors (Lipinski definition) is 5. The highest BCUT2D eigenvalue weighted by Gasteiger charge is 2.20. The van der Waals surface area contributed by atoms with Crippen LogP contribution in [0.1, 0.15) is 22.9 Å². The first-order valence-electron chi connectivity index (χ1n) is 7.71. The van der Waals surface area contributed by atoms with Crippen LogP contribution in [-0.4, -0.2) is 35.6 Å². The van der Waals surface area contributed by atoms with Crippen LogP contribution in [0, 0.1) is 13.8 Å². The monoisotopic (exact) mass is 310 g/mol. The molecule has 0 saturated heterocycles. The van der Waals surface area contributed by atoms with Gasteiger partial charge in [-0.05, 0) is 25.5 Å². The van der Waals surface area contributed by atoms with Gasteiger partial charge in [0.15, 0.2) is 0 Å². The number of pyridine rings is 1. The Kier molecular flexibility index (Phi) is 3.23. The summed E-state index contributed by atoms with van der Waals surface area (Å²) < 4.78 is 3.73. The van der Waals surface area contributed by atoms with Crippen LogP contribution in [0.15, 0.2) is 29.2 Å². The van der Waals surface area contributed by atoms with Gasteiger partial charge in [0.1, 0.15) is 17.3 Å². The van der Waals surface area contributed by atoms with E-state index >= 15 is 0 Å². The first-order chi connectivity index (χ1) is 11.1. The number of nitrogens with zero attached hydrogens (tertiary/aromatic N) is 6. The Morgan fingerprint density at radius 3 is 2.96 bits per heavy atom. The van der Waals surface area contributed by atoms with Crippen LogP contribution in [-0.2, 0) is 19.6 Å². The molecule has 0 amide bonds. The van der Waals surface area contributed by atoms with E-state index in [1.54, 1.807) is 16.7 Å². The van der Waals surface area contributed by atoms with Crippen LogP contribution in [0.5, 0.6) is 0 Å². The van der Waals surface area contributed by atoms with Crippen molar-refractivity contribution in [1.82, 2.24) is 29.0 Å². The SMILES string of the molecule is Cc1cccn2c(=O)cc(CN3CCn4c(C)nnc4C3)nc12. The molecule has 23 heavy (non-hydrogen) atoms. The van der Waals surface area contributed by atoms with Gasteiger partial charge in [-0.2, -0.15) is 0 Å². The second kappa shape index (κ2) is 5.27. The van der Waals surface area contributed by atoms with E-state index in [4.69, 9.17) is 0 Å². The first kappa shape index (κ1) is 14.1. The average molecular weight is 310 g/mol. The fourth-order valence-corrected chi connectivity index (χ4v) is 3.11. The number of hydrogen-bond donors (Lipinski definition) is 0. The van der Waals surface area contributed by atoms with Crippen molar-refractivity contribution in [3.8, 4) is 0 Å². The predicted octanol–water partition coefficient (Wildman–Crippen LogP) is 0.919. The fraction of sp³-hybridized carbons (Fsp3) is 0.375. The zero-order valence-corrected chi connectivity index (χ0v) is 13.2. The molecule has 0 unspecified atom stereocenters. The lowest BCUT2D eigenvalue weighted by Crippen LogP contribution is -2.34. The Hall–Kier alpha value is -2.54. The highest BCUT2D eigenvalue weighted by molar-refractivity contribution is 5.46. The Morgan fingerprint density at radius 1 is 1.22 bits per heavy atom. The lowest BCUT2D eigenvalue weighted by molar-refractivity contribution is 0.205. The summed E-state index contributed by atoms with van der Waals surface area (Å²) in [5, 5.41) is 8.34. The minimum absolute atomic E-state index is 0.0373. The van der Waals surface area contributed by atoms with Gasteiger partial charge in [-0.25, -0.2) is 4.98 Å². The van der Waals surface area contributed by atoms with Gasteiger partial charge in [0.05, 0.1) is 12.2 Å². The maximum Gasteiger partial charge on any atom is 0.258 e. The summed E-state index contributed by atoms with van der Waals surface area (Å²) >= 11 is 0. The van der Waals surface area contributed by atoms with E-state index in [2.05, 4.69) is 24.6 Å². The molecule has 1 aliphatic heterocycles. The quantitative estimate of drug-likeness (QED) is 0.704. The molecule has 1 aliphatic rings. The molecule has 118 valence electrons. The molecule has 0 saturated carbocycles. The molecule has 7 heteroatoms. The van der Waals surface area contributed by atoms with Gasteiger partial charge in [0.2, 0.25) is 0 Å². The van der Waals surface area contributed by atoms with Crippen molar-refractivity contribution in [3.63, 3.8) is 0 Å². The minimum atomic E-state index is -0.0373. The Labute approximate surface area is 133 Å². The Morgan fingerprint density at radius 2 is 2.09 bits per heavy atom. The summed E-state index contributed by atoms with van der Waals surface area (Å²) in [6.07, 6.45) is 1.76. The zero-order valence-electron chi connectivity index (χ0n) is 13.2. The van der Waals surface area contributed by atoms with Gasteiger partial charge >= 0.3 is 0 Å². The van der Waals surface area contributed by atoms with Gasteiger partial charge in [0, 0.05) is 31.9 Å². The zero-order chi connectivity index (χ0) is 16.0. The third-order valence-corrected chi connectivity index (χ3v) is 4.34. The maximum absolute atomic E-state index is 12.3. The summed E-state index contributed by atoms with van der Waals surface area (Å²) in [5.74, 6) is 1.93. The molecule has 0 aliphatic carbocycles. The van der Waals surface area contributed by atoms with Crippen LogP contribution in [0.25, 0.3) is 5.65 Å². The number of aromatic nitrogens is 5. The topological polar surface area (TPSA) is 68.3 Å². The Bertz CT molecular complexity index is 941. The lowest BCUT2D eigenvalue weighted by atomic mass is 10.2.